The fraction of sp³-hybridized carbons (Fsp3) is 0.389. The van der Waals surface area contributed by atoms with Crippen molar-refractivity contribution in [1.82, 2.24) is 25.9 Å². The smallest absolute Gasteiger partial charge is 0.125 e. The number of hydroxylamine groups is 2. The number of piperazine rings is 1. The molecule has 2 saturated heterocycles. The van der Waals surface area contributed by atoms with Crippen LogP contribution in [-0.4, -0.2) is 73.1 Å². The summed E-state index contributed by atoms with van der Waals surface area (Å²) in [5, 5.41) is 13.2. The molecule has 0 radical (unpaired) electrons. The number of hydrogen-bond acceptors (Lipinski definition) is 7. The summed E-state index contributed by atoms with van der Waals surface area (Å²) in [6.07, 6.45) is 12.1. The zero-order valence-electron chi connectivity index (χ0n) is 26.3. The van der Waals surface area contributed by atoms with E-state index < -0.39 is 0 Å². The summed E-state index contributed by atoms with van der Waals surface area (Å²) in [4.78, 5) is 9.13. The fourth-order valence-electron chi connectivity index (χ4n) is 5.78. The monoisotopic (exact) mass is 599 g/mol. The largest absolute Gasteiger partial charge is 0.410 e. The van der Waals surface area contributed by atoms with Crippen LogP contribution in [0.2, 0.25) is 0 Å². The van der Waals surface area contributed by atoms with Crippen molar-refractivity contribution >= 4 is 23.4 Å². The predicted octanol–water partition coefficient (Wildman–Crippen LogP) is 6.05. The van der Waals surface area contributed by atoms with Gasteiger partial charge in [0.15, 0.2) is 0 Å². The van der Waals surface area contributed by atoms with Crippen molar-refractivity contribution in [2.24, 2.45) is 0 Å². The normalized spacial score (nSPS) is 24.6. The first-order valence-electron chi connectivity index (χ1n) is 15.3. The van der Waals surface area contributed by atoms with Gasteiger partial charge in [-0.05, 0) is 56.6 Å². The molecule has 0 aliphatic carbocycles. The lowest BCUT2D eigenvalue weighted by Crippen LogP contribution is -2.56. The number of dihydropyridines is 1. The van der Waals surface area contributed by atoms with E-state index in [0.29, 0.717) is 6.04 Å². The molecule has 2 fully saturated rings. The van der Waals surface area contributed by atoms with E-state index in [2.05, 4.69) is 133 Å². The second-order valence-corrected chi connectivity index (χ2v) is 12.8. The Bertz CT molecular complexity index is 1310. The maximum Gasteiger partial charge on any atom is 0.125 e. The lowest BCUT2D eigenvalue weighted by molar-refractivity contribution is -0.153. The highest BCUT2D eigenvalue weighted by Crippen LogP contribution is 2.39. The third-order valence-corrected chi connectivity index (χ3v) is 9.89. The molecule has 2 aromatic rings. The van der Waals surface area contributed by atoms with E-state index in [9.17, 15) is 0 Å². The van der Waals surface area contributed by atoms with Crippen LogP contribution >= 0.6 is 11.8 Å². The highest BCUT2D eigenvalue weighted by molar-refractivity contribution is 8.01. The van der Waals surface area contributed by atoms with Crippen LogP contribution in [0.5, 0.6) is 0 Å². The molecule has 3 unspecified atom stereocenters. The standard InChI is InChI=1S/C33H43N5OS.C3H6/c1-5-26-12-9-10-15-28(26)20-31(27-13-7-6-8-14-27)25(2)39-38-19-18-37(4)30(23-38)21-33(34-3)24-36-32(40-33)29-16-11-17-35-22-29;1-3-2/h5-16,22,30,32,34-36H,1,17-21,23-24H2,2-4H3;3H,1H2,2H3/b31-25-;. The van der Waals surface area contributed by atoms with E-state index in [4.69, 9.17) is 4.84 Å². The minimum atomic E-state index is -0.0345. The van der Waals surface area contributed by atoms with E-state index in [0.717, 1.165) is 56.9 Å². The Hall–Kier alpha value is -3.07. The van der Waals surface area contributed by atoms with Crippen molar-refractivity contribution in [3.63, 3.8) is 0 Å². The predicted molar refractivity (Wildman–Crippen MR) is 185 cm³/mol. The molecule has 6 nitrogen and oxygen atoms in total. The molecule has 7 heteroatoms. The van der Waals surface area contributed by atoms with E-state index in [1.807, 2.05) is 24.8 Å². The van der Waals surface area contributed by atoms with E-state index in [1.54, 1.807) is 6.08 Å². The van der Waals surface area contributed by atoms with Gasteiger partial charge in [0.25, 0.3) is 0 Å². The maximum atomic E-state index is 6.67. The molecule has 43 heavy (non-hydrogen) atoms. The molecule has 3 aliphatic rings. The first kappa shape index (κ1) is 32.8. The van der Waals surface area contributed by atoms with Crippen LogP contribution in [0.4, 0.5) is 0 Å². The molecule has 0 aromatic heterocycles. The summed E-state index contributed by atoms with van der Waals surface area (Å²) in [5.74, 6) is 0.956. The lowest BCUT2D eigenvalue weighted by atomic mass is 9.94. The molecular weight excluding hydrogens is 550 g/mol. The molecule has 0 bridgehead atoms. The van der Waals surface area contributed by atoms with Gasteiger partial charge in [0.1, 0.15) is 5.76 Å². The molecule has 0 saturated carbocycles. The Morgan fingerprint density at radius 1 is 1.14 bits per heavy atom. The SMILES string of the molecule is C=CC.C=Cc1ccccc1C/C(=C(\C)ON1CCN(C)C(CC2(NC)CNC(C3=CNCC=C3)S2)C1)c1ccccc1. The molecule has 0 spiro atoms. The van der Waals surface area contributed by atoms with Gasteiger partial charge in [0.2, 0.25) is 0 Å². The first-order chi connectivity index (χ1) is 20.9. The van der Waals surface area contributed by atoms with Gasteiger partial charge in [-0.2, -0.15) is 0 Å². The van der Waals surface area contributed by atoms with Crippen molar-refractivity contribution in [1.29, 1.82) is 0 Å². The number of likely N-dealkylation sites (N-methyl/N-ethyl adjacent to an activating group) is 2. The number of hydrogen-bond donors (Lipinski definition) is 3. The van der Waals surface area contributed by atoms with Crippen molar-refractivity contribution in [3.05, 3.63) is 120 Å². The average molecular weight is 600 g/mol. The third-order valence-electron chi connectivity index (χ3n) is 8.25. The second kappa shape index (κ2) is 16.1. The molecular formula is C36H49N5OS. The zero-order valence-corrected chi connectivity index (χ0v) is 27.1. The highest BCUT2D eigenvalue weighted by atomic mass is 32.2. The van der Waals surface area contributed by atoms with Crippen molar-refractivity contribution in [3.8, 4) is 0 Å². The van der Waals surface area contributed by atoms with Gasteiger partial charge in [-0.25, -0.2) is 0 Å². The second-order valence-electron chi connectivity index (χ2n) is 11.3. The van der Waals surface area contributed by atoms with Crippen LogP contribution < -0.4 is 16.0 Å². The van der Waals surface area contributed by atoms with Crippen molar-refractivity contribution in [2.75, 3.05) is 46.8 Å². The Kier molecular flexibility index (Phi) is 12.3. The third kappa shape index (κ3) is 8.74. The van der Waals surface area contributed by atoms with Crippen LogP contribution in [0.15, 0.2) is 104 Å². The van der Waals surface area contributed by atoms with Crippen LogP contribution in [0, 0.1) is 0 Å². The number of nitrogens with zero attached hydrogens (tertiary/aromatic N) is 2. The Balaban J connectivity index is 0.00000135. The lowest BCUT2D eigenvalue weighted by Gasteiger charge is -2.42. The zero-order chi connectivity index (χ0) is 30.7. The summed E-state index contributed by atoms with van der Waals surface area (Å²) in [6, 6.07) is 19.5. The summed E-state index contributed by atoms with van der Waals surface area (Å²) < 4.78 is 0. The topological polar surface area (TPSA) is 51.8 Å². The van der Waals surface area contributed by atoms with Crippen molar-refractivity contribution < 1.29 is 4.84 Å². The van der Waals surface area contributed by atoms with Crippen LogP contribution in [0.1, 0.15) is 37.0 Å². The molecule has 230 valence electrons. The quantitative estimate of drug-likeness (QED) is 0.227. The van der Waals surface area contributed by atoms with E-state index >= 15 is 0 Å². The molecule has 3 N–H and O–H groups in total. The van der Waals surface area contributed by atoms with Gasteiger partial charge in [0.05, 0.1) is 16.8 Å². The van der Waals surface area contributed by atoms with E-state index in [-0.39, 0.29) is 10.2 Å². The molecule has 3 heterocycles. The van der Waals surface area contributed by atoms with Gasteiger partial charge in [-0.3, -0.25) is 5.32 Å². The number of rotatable bonds is 10. The Labute approximate surface area is 263 Å². The van der Waals surface area contributed by atoms with Gasteiger partial charge in [-0.15, -0.1) is 23.4 Å². The van der Waals surface area contributed by atoms with Gasteiger partial charge in [0, 0.05) is 50.4 Å². The maximum absolute atomic E-state index is 6.67. The molecule has 2 aromatic carbocycles. The van der Waals surface area contributed by atoms with Crippen LogP contribution in [0.3, 0.4) is 0 Å². The number of nitrogens with one attached hydrogen (secondary N) is 3. The molecule has 3 atom stereocenters. The summed E-state index contributed by atoms with van der Waals surface area (Å²) in [6.45, 7) is 15.9. The number of benzene rings is 2. The van der Waals surface area contributed by atoms with Gasteiger partial charge < -0.3 is 20.4 Å². The highest BCUT2D eigenvalue weighted by Gasteiger charge is 2.43. The Morgan fingerprint density at radius 3 is 2.58 bits per heavy atom. The fourth-order valence-corrected chi connectivity index (χ4v) is 7.25. The molecule has 3 aliphatic heterocycles. The van der Waals surface area contributed by atoms with Crippen LogP contribution in [-0.2, 0) is 11.3 Å². The molecule has 5 rings (SSSR count). The summed E-state index contributed by atoms with van der Waals surface area (Å²) >= 11 is 2.00. The Morgan fingerprint density at radius 2 is 1.88 bits per heavy atom. The number of allylic oxidation sites excluding steroid dienone is 3. The minimum Gasteiger partial charge on any atom is -0.410 e. The average Bonchev–Trinajstić information content (AvgIpc) is 3.47. The van der Waals surface area contributed by atoms with Gasteiger partial charge in [-0.1, -0.05) is 85.5 Å². The summed E-state index contributed by atoms with van der Waals surface area (Å²) in [7, 11) is 4.34. The first-order valence-corrected chi connectivity index (χ1v) is 16.2. The molecule has 0 amide bonds. The van der Waals surface area contributed by atoms with Crippen LogP contribution in [0.25, 0.3) is 11.6 Å². The van der Waals surface area contributed by atoms with Crippen molar-refractivity contribution in [2.45, 2.75) is 43.0 Å². The van der Waals surface area contributed by atoms with E-state index in [1.165, 1.54) is 22.3 Å². The van der Waals surface area contributed by atoms with Gasteiger partial charge >= 0.3 is 0 Å². The minimum absolute atomic E-state index is 0.0345. The summed E-state index contributed by atoms with van der Waals surface area (Å²) in [5.41, 5.74) is 6.13. The number of thioether (sulfide) groups is 1.